The van der Waals surface area contributed by atoms with Crippen LogP contribution in [0.2, 0.25) is 5.31 Å². The first kappa shape index (κ1) is 60.7. The minimum atomic E-state index is -0.640. The largest absolute Gasteiger partial charge is 0.435 e. The SMILES string of the molecule is C.CC1(C)[B]B(c2cncc(F)c2)OC1(C)C.CCO.Nc1c(-c2cncc(F)c2)cncc1[N+](=O)[O-].Nc1c(Br)cncc1[N+](=O)[O-].Nc1ccncc1[N+](=O)[O-].Nc1cncc(-c2cncc(F)c2)c1N. The van der Waals surface area contributed by atoms with Gasteiger partial charge in [0.25, 0.3) is 6.81 Å². The Kier molecular flexibility index (Phi) is 23.1. The number of nitro groups is 3. The summed E-state index contributed by atoms with van der Waals surface area (Å²) < 4.78 is 45.4. The standard InChI is InChI=1S/C11H15B2FNO.C10H7FN4O2.C10H9FN4.C5H4BrN3O2.C5H5N3O2.C2H6O.CH4/c1-10(2)11(3,4)16-13(12-10)8-5-9(14)7-15-6-8;11-7-1-6(2-13-3-7)8-4-14-5-9(10(8)12)15(16)17;11-7-1-6(2-14-3-7)8-4-15-5-9(12)10(8)13;6-3-1-8-2-4(5(3)7)9(10)11;6-4-1-2-7-3-5(4)8(9)10;1-2-3;/h5-7H,1-4H3;1-5H,(H2,12,14);1-5H,12H2,(H2,13,15);1-2H,(H2,7,8);1-3H,(H2,6,7);3H,2H2,1H3;1H4. The van der Waals surface area contributed by atoms with Gasteiger partial charge in [-0.1, -0.05) is 21.3 Å². The molecule has 29 heteroatoms. The molecule has 0 aliphatic carbocycles. The van der Waals surface area contributed by atoms with Crippen LogP contribution in [0.5, 0.6) is 0 Å². The first-order valence-corrected chi connectivity index (χ1v) is 21.4. The average molecular weight is 1080 g/mol. The highest BCUT2D eigenvalue weighted by molar-refractivity contribution is 9.10. The van der Waals surface area contributed by atoms with Gasteiger partial charge < -0.3 is 38.4 Å². The fraction of sp³-hybridized carbons (Fsp3) is 0.205. The predicted octanol–water partition coefficient (Wildman–Crippen LogP) is 7.39. The molecule has 7 aromatic heterocycles. The third-order valence-corrected chi connectivity index (χ3v) is 10.6. The van der Waals surface area contributed by atoms with E-state index in [9.17, 15) is 43.5 Å². The molecule has 0 amide bonds. The summed E-state index contributed by atoms with van der Waals surface area (Å²) in [5, 5.41) is 38.5. The zero-order valence-corrected chi connectivity index (χ0v) is 40.5. The van der Waals surface area contributed by atoms with E-state index < -0.39 is 26.4 Å². The van der Waals surface area contributed by atoms with Gasteiger partial charge in [-0.05, 0) is 71.7 Å². The highest BCUT2D eigenvalue weighted by Gasteiger charge is 2.50. The smallest absolute Gasteiger partial charge is 0.311 e. The Morgan fingerprint density at radius 3 is 1.47 bits per heavy atom. The van der Waals surface area contributed by atoms with Gasteiger partial charge in [0.05, 0.1) is 55.4 Å². The van der Waals surface area contributed by atoms with Crippen LogP contribution in [0.1, 0.15) is 42.0 Å². The molecule has 8 rings (SSSR count). The van der Waals surface area contributed by atoms with E-state index in [1.165, 1.54) is 73.8 Å². The summed E-state index contributed by atoms with van der Waals surface area (Å²) in [5.74, 6) is -1.29. The van der Waals surface area contributed by atoms with E-state index in [-0.39, 0.29) is 77.3 Å². The second-order valence-corrected chi connectivity index (χ2v) is 16.4. The molecule has 7 aromatic rings. The maximum absolute atomic E-state index is 13.1. The van der Waals surface area contributed by atoms with Gasteiger partial charge in [0.1, 0.15) is 60.3 Å². The van der Waals surface area contributed by atoms with Crippen LogP contribution in [0, 0.1) is 47.8 Å². The van der Waals surface area contributed by atoms with Crippen molar-refractivity contribution < 1.29 is 37.7 Å². The second kappa shape index (κ2) is 27.8. The molecule has 0 saturated carbocycles. The first-order chi connectivity index (χ1) is 33.8. The number of aliphatic hydroxyl groups excluding tert-OH is 1. The lowest BCUT2D eigenvalue weighted by Gasteiger charge is -2.34. The quantitative estimate of drug-likeness (QED) is 0.0537. The molecule has 0 bridgehead atoms. The number of nitrogen functional groups attached to an aromatic ring is 5. The Bertz CT molecular complexity index is 2980. The van der Waals surface area contributed by atoms with Crippen LogP contribution >= 0.6 is 15.9 Å². The van der Waals surface area contributed by atoms with Gasteiger partial charge in [0, 0.05) is 77.8 Å². The van der Waals surface area contributed by atoms with Gasteiger partial charge in [-0.3, -0.25) is 65.2 Å². The van der Waals surface area contributed by atoms with Crippen LogP contribution in [0.15, 0.2) is 115 Å². The number of halogens is 4. The second-order valence-electron chi connectivity index (χ2n) is 15.5. The molecular weight excluding hydrogens is 1030 g/mol. The van der Waals surface area contributed by atoms with Gasteiger partial charge in [0.15, 0.2) is 0 Å². The third kappa shape index (κ3) is 17.4. The molecule has 383 valence electrons. The van der Waals surface area contributed by atoms with Crippen LogP contribution in [0.4, 0.5) is 58.7 Å². The molecule has 0 aromatic carbocycles. The van der Waals surface area contributed by atoms with E-state index in [4.69, 9.17) is 38.4 Å². The molecular formula is C44H50B2BrF3N15O8. The molecule has 73 heavy (non-hydrogen) atoms. The fourth-order valence-corrected chi connectivity index (χ4v) is 5.95. The van der Waals surface area contributed by atoms with Crippen molar-refractivity contribution in [3.05, 3.63) is 163 Å². The van der Waals surface area contributed by atoms with E-state index >= 15 is 0 Å². The highest BCUT2D eigenvalue weighted by atomic mass is 79.9. The number of hydrogen-bond donors (Lipinski definition) is 6. The van der Waals surface area contributed by atoms with Crippen molar-refractivity contribution in [3.8, 4) is 22.3 Å². The Balaban J connectivity index is 0.000000311. The summed E-state index contributed by atoms with van der Waals surface area (Å²) in [7, 11) is 2.11. The van der Waals surface area contributed by atoms with Crippen molar-refractivity contribution in [1.82, 2.24) is 34.9 Å². The lowest BCUT2D eigenvalue weighted by Crippen LogP contribution is -2.37. The molecule has 1 fully saturated rings. The minimum absolute atomic E-state index is 0. The Morgan fingerprint density at radius 2 is 1.04 bits per heavy atom. The number of pyridine rings is 7. The van der Waals surface area contributed by atoms with Crippen molar-refractivity contribution in [2.75, 3.05) is 35.3 Å². The lowest BCUT2D eigenvalue weighted by molar-refractivity contribution is -0.384. The van der Waals surface area contributed by atoms with Crippen molar-refractivity contribution in [2.45, 2.75) is 53.0 Å². The van der Waals surface area contributed by atoms with Crippen LogP contribution in [0.25, 0.3) is 22.3 Å². The normalized spacial score (nSPS) is 12.2. The molecule has 0 atom stereocenters. The topological polar surface area (TPSA) is 379 Å². The Hall–Kier alpha value is -8.43. The van der Waals surface area contributed by atoms with Gasteiger partial charge in [-0.2, -0.15) is 0 Å². The van der Waals surface area contributed by atoms with Crippen molar-refractivity contribution >= 4 is 80.9 Å². The van der Waals surface area contributed by atoms with Gasteiger partial charge >= 0.3 is 17.1 Å². The van der Waals surface area contributed by atoms with Gasteiger partial charge in [-0.25, -0.2) is 13.2 Å². The molecule has 0 unspecified atom stereocenters. The van der Waals surface area contributed by atoms with E-state index in [0.29, 0.717) is 32.5 Å². The number of nitrogens with zero attached hydrogens (tertiary/aromatic N) is 10. The molecule has 1 saturated heterocycles. The van der Waals surface area contributed by atoms with E-state index in [0.717, 1.165) is 36.4 Å². The number of nitrogens with two attached hydrogens (primary N) is 5. The first-order valence-electron chi connectivity index (χ1n) is 20.6. The summed E-state index contributed by atoms with van der Waals surface area (Å²) in [6.45, 7) is 10.1. The highest BCUT2D eigenvalue weighted by Crippen LogP contribution is 2.45. The molecule has 1 radical (unpaired) electrons. The van der Waals surface area contributed by atoms with Crippen LogP contribution in [0.3, 0.4) is 0 Å². The molecule has 23 nitrogen and oxygen atoms in total. The zero-order valence-electron chi connectivity index (χ0n) is 38.9. The monoisotopic (exact) mass is 1070 g/mol. The Labute approximate surface area is 425 Å². The van der Waals surface area contributed by atoms with Crippen LogP contribution in [-0.2, 0) is 4.65 Å². The molecule has 0 spiro atoms. The molecule has 8 heterocycles. The van der Waals surface area contributed by atoms with Crippen LogP contribution in [-0.4, -0.2) is 80.9 Å². The number of aliphatic hydroxyl groups is 1. The maximum atomic E-state index is 13.1. The molecule has 11 N–H and O–H groups in total. The van der Waals surface area contributed by atoms with E-state index in [1.54, 1.807) is 13.1 Å². The molecule has 1 aliphatic rings. The summed E-state index contributed by atoms with van der Waals surface area (Å²) in [4.78, 5) is 55.2. The summed E-state index contributed by atoms with van der Waals surface area (Å²) >= 11 is 3.02. The van der Waals surface area contributed by atoms with Crippen LogP contribution < -0.4 is 34.1 Å². The van der Waals surface area contributed by atoms with Crippen molar-refractivity contribution in [2.24, 2.45) is 0 Å². The number of hydrogen-bond acceptors (Lipinski definition) is 20. The minimum Gasteiger partial charge on any atom is -0.435 e. The third-order valence-electron chi connectivity index (χ3n) is 9.95. The Morgan fingerprint density at radius 1 is 0.616 bits per heavy atom. The molecule has 1 aliphatic heterocycles. The number of rotatable bonds is 6. The summed E-state index contributed by atoms with van der Waals surface area (Å²) in [6.07, 6.45) is 18.3. The maximum Gasteiger partial charge on any atom is 0.311 e. The average Bonchev–Trinajstić information content (AvgIpc) is 3.54. The number of aromatic nitrogens is 7. The van der Waals surface area contributed by atoms with Crippen molar-refractivity contribution in [1.29, 1.82) is 0 Å². The van der Waals surface area contributed by atoms with Gasteiger partial charge in [0.2, 0.25) is 0 Å². The van der Waals surface area contributed by atoms with Crippen molar-refractivity contribution in [3.63, 3.8) is 0 Å². The predicted molar refractivity (Wildman–Crippen MR) is 277 cm³/mol. The summed E-state index contributed by atoms with van der Waals surface area (Å²) in [5.41, 5.74) is 30.2. The van der Waals surface area contributed by atoms with Gasteiger partial charge in [-0.15, -0.1) is 0 Å². The number of anilines is 5. The fourth-order valence-electron chi connectivity index (χ4n) is 5.63. The summed E-state index contributed by atoms with van der Waals surface area (Å²) in [6, 6.07) is 5.38. The zero-order chi connectivity index (χ0) is 53.9. The lowest BCUT2D eigenvalue weighted by atomic mass is 9.23. The van der Waals surface area contributed by atoms with E-state index in [1.807, 2.05) is 0 Å². The van der Waals surface area contributed by atoms with E-state index in [2.05, 4.69) is 85.7 Å².